The number of carbonyl (C=O) groups is 2. The first-order valence-corrected chi connectivity index (χ1v) is 8.43. The maximum atomic E-state index is 12.4. The van der Waals surface area contributed by atoms with Crippen molar-refractivity contribution in [3.63, 3.8) is 0 Å². The van der Waals surface area contributed by atoms with E-state index in [0.717, 1.165) is 6.26 Å². The third-order valence-corrected chi connectivity index (χ3v) is 4.24. The molecule has 7 heteroatoms. The summed E-state index contributed by atoms with van der Waals surface area (Å²) in [6, 6.07) is 7.15. The molecule has 2 atom stereocenters. The molecular formula is C14H20N2O4S. The van der Waals surface area contributed by atoms with E-state index in [2.05, 4.69) is 5.32 Å². The van der Waals surface area contributed by atoms with E-state index in [1.807, 2.05) is 0 Å². The molecule has 0 aliphatic heterocycles. The zero-order chi connectivity index (χ0) is 16.2. The van der Waals surface area contributed by atoms with E-state index in [0.29, 0.717) is 0 Å². The highest BCUT2D eigenvalue weighted by atomic mass is 32.2. The quantitative estimate of drug-likeness (QED) is 0.706. The first kappa shape index (κ1) is 17.3. The summed E-state index contributed by atoms with van der Waals surface area (Å²) in [5, 5.41) is 1.08. The molecule has 1 amide bonds. The lowest BCUT2D eigenvalue weighted by Gasteiger charge is -2.24. The highest BCUT2D eigenvalue weighted by Gasteiger charge is 2.34. The van der Waals surface area contributed by atoms with Gasteiger partial charge in [0.05, 0.1) is 6.04 Å². The minimum atomic E-state index is -3.74. The number of ketones is 1. The van der Waals surface area contributed by atoms with E-state index in [1.165, 1.54) is 12.1 Å². The van der Waals surface area contributed by atoms with Gasteiger partial charge in [0.1, 0.15) is 0 Å². The second kappa shape index (κ2) is 6.82. The van der Waals surface area contributed by atoms with E-state index in [4.69, 9.17) is 5.73 Å². The van der Waals surface area contributed by atoms with Crippen LogP contribution in [0, 0.1) is 5.92 Å². The van der Waals surface area contributed by atoms with Crippen molar-refractivity contribution in [2.75, 3.05) is 6.26 Å². The molecule has 0 saturated heterocycles. The SMILES string of the molecule is CC(C)C(NC(C(=O)c1ccccc1)S(C)(=O)=O)C(N)=O. The number of carbonyl (C=O) groups excluding carboxylic acids is 2. The van der Waals surface area contributed by atoms with Crippen LogP contribution in [-0.4, -0.2) is 37.8 Å². The predicted octanol–water partition coefficient (Wildman–Crippen LogP) is 0.339. The Balaban J connectivity index is 3.14. The molecule has 0 spiro atoms. The molecule has 0 aliphatic rings. The Morgan fingerprint density at radius 1 is 1.14 bits per heavy atom. The molecule has 0 aliphatic carbocycles. The number of benzene rings is 1. The van der Waals surface area contributed by atoms with E-state index >= 15 is 0 Å². The Morgan fingerprint density at radius 3 is 2.05 bits per heavy atom. The van der Waals surface area contributed by atoms with E-state index in [-0.39, 0.29) is 11.5 Å². The first-order chi connectivity index (χ1) is 9.64. The van der Waals surface area contributed by atoms with Crippen LogP contribution in [0.1, 0.15) is 24.2 Å². The summed E-state index contributed by atoms with van der Waals surface area (Å²) < 4.78 is 23.8. The molecule has 0 saturated carbocycles. The zero-order valence-electron chi connectivity index (χ0n) is 12.2. The van der Waals surface area contributed by atoms with Crippen molar-refractivity contribution in [3.05, 3.63) is 35.9 Å². The van der Waals surface area contributed by atoms with Crippen LogP contribution in [0.25, 0.3) is 0 Å². The van der Waals surface area contributed by atoms with Gasteiger partial charge in [-0.05, 0) is 5.92 Å². The molecule has 6 nitrogen and oxygen atoms in total. The minimum absolute atomic E-state index is 0.240. The highest BCUT2D eigenvalue weighted by molar-refractivity contribution is 7.92. The average Bonchev–Trinajstić information content (AvgIpc) is 2.37. The lowest BCUT2D eigenvalue weighted by molar-refractivity contribution is -0.120. The Hall–Kier alpha value is -1.73. The van der Waals surface area contributed by atoms with Crippen molar-refractivity contribution in [1.82, 2.24) is 5.32 Å². The maximum Gasteiger partial charge on any atom is 0.234 e. The molecule has 0 bridgehead atoms. The Labute approximate surface area is 124 Å². The van der Waals surface area contributed by atoms with Gasteiger partial charge >= 0.3 is 0 Å². The fourth-order valence-corrected chi connectivity index (χ4v) is 2.83. The molecule has 1 aromatic rings. The van der Waals surface area contributed by atoms with Crippen molar-refractivity contribution in [2.45, 2.75) is 25.3 Å². The van der Waals surface area contributed by atoms with Gasteiger partial charge < -0.3 is 5.73 Å². The van der Waals surface area contributed by atoms with Gasteiger partial charge in [-0.15, -0.1) is 0 Å². The highest BCUT2D eigenvalue weighted by Crippen LogP contribution is 2.11. The molecule has 116 valence electrons. The summed E-state index contributed by atoms with van der Waals surface area (Å²) in [4.78, 5) is 23.8. The largest absolute Gasteiger partial charge is 0.368 e. The number of nitrogens with one attached hydrogen (secondary N) is 1. The Kier molecular flexibility index (Phi) is 5.62. The summed E-state index contributed by atoms with van der Waals surface area (Å²) >= 11 is 0. The van der Waals surface area contributed by atoms with Crippen LogP contribution in [0.5, 0.6) is 0 Å². The van der Waals surface area contributed by atoms with E-state index in [1.54, 1.807) is 32.0 Å². The van der Waals surface area contributed by atoms with Gasteiger partial charge in [0.15, 0.2) is 21.0 Å². The summed E-state index contributed by atoms with van der Waals surface area (Å²) in [7, 11) is -3.74. The monoisotopic (exact) mass is 312 g/mol. The normalized spacial score (nSPS) is 14.7. The summed E-state index contributed by atoms with van der Waals surface area (Å²) in [6.45, 7) is 3.43. The zero-order valence-corrected chi connectivity index (χ0v) is 13.1. The second-order valence-electron chi connectivity index (χ2n) is 5.23. The fraction of sp³-hybridized carbons (Fsp3) is 0.429. The molecule has 0 heterocycles. The average molecular weight is 312 g/mol. The molecule has 0 fully saturated rings. The van der Waals surface area contributed by atoms with Gasteiger partial charge in [-0.2, -0.15) is 0 Å². The maximum absolute atomic E-state index is 12.4. The number of hydrogen-bond donors (Lipinski definition) is 2. The summed E-state index contributed by atoms with van der Waals surface area (Å²) in [5.41, 5.74) is 5.52. The molecule has 0 radical (unpaired) electrons. The van der Waals surface area contributed by atoms with Crippen LogP contribution < -0.4 is 11.1 Å². The van der Waals surface area contributed by atoms with Crippen molar-refractivity contribution in [2.24, 2.45) is 11.7 Å². The lowest BCUT2D eigenvalue weighted by Crippen LogP contribution is -2.54. The van der Waals surface area contributed by atoms with Crippen LogP contribution in [0.15, 0.2) is 30.3 Å². The van der Waals surface area contributed by atoms with Gasteiger partial charge in [0, 0.05) is 11.8 Å². The fourth-order valence-electron chi connectivity index (χ4n) is 1.91. The minimum Gasteiger partial charge on any atom is -0.368 e. The Bertz CT molecular complexity index is 611. The summed E-state index contributed by atoms with van der Waals surface area (Å²) in [5.74, 6) is -1.54. The first-order valence-electron chi connectivity index (χ1n) is 6.48. The molecular weight excluding hydrogens is 292 g/mol. The van der Waals surface area contributed by atoms with Gasteiger partial charge in [0.25, 0.3) is 0 Å². The standard InChI is InChI=1S/C14H20N2O4S/c1-9(2)11(13(15)18)16-14(21(3,19)20)12(17)10-7-5-4-6-8-10/h4-9,11,14,16H,1-3H3,(H2,15,18). The van der Waals surface area contributed by atoms with Crippen molar-refractivity contribution >= 4 is 21.5 Å². The third kappa shape index (κ3) is 4.64. The number of primary amides is 1. The number of Topliss-reactive ketones (excluding diaryl/α,β-unsaturated/α-hetero) is 1. The molecule has 21 heavy (non-hydrogen) atoms. The van der Waals surface area contributed by atoms with Crippen LogP contribution in [-0.2, 0) is 14.6 Å². The number of hydrogen-bond acceptors (Lipinski definition) is 5. The number of rotatable bonds is 7. The molecule has 0 aromatic heterocycles. The van der Waals surface area contributed by atoms with Crippen molar-refractivity contribution in [3.8, 4) is 0 Å². The van der Waals surface area contributed by atoms with Gasteiger partial charge in [-0.1, -0.05) is 44.2 Å². The van der Waals surface area contributed by atoms with E-state index in [9.17, 15) is 18.0 Å². The van der Waals surface area contributed by atoms with Crippen molar-refractivity contribution in [1.29, 1.82) is 0 Å². The molecule has 1 rings (SSSR count). The van der Waals surface area contributed by atoms with Crippen LogP contribution >= 0.6 is 0 Å². The smallest absolute Gasteiger partial charge is 0.234 e. The van der Waals surface area contributed by atoms with Crippen molar-refractivity contribution < 1.29 is 18.0 Å². The van der Waals surface area contributed by atoms with Gasteiger partial charge in [0.2, 0.25) is 5.91 Å². The van der Waals surface area contributed by atoms with E-state index < -0.39 is 32.9 Å². The number of sulfone groups is 1. The van der Waals surface area contributed by atoms with Gasteiger partial charge in [-0.25, -0.2) is 8.42 Å². The van der Waals surface area contributed by atoms with Crippen LogP contribution in [0.4, 0.5) is 0 Å². The molecule has 1 aromatic carbocycles. The topological polar surface area (TPSA) is 106 Å². The second-order valence-corrected chi connectivity index (χ2v) is 7.36. The predicted molar refractivity (Wildman–Crippen MR) is 80.4 cm³/mol. The number of amides is 1. The van der Waals surface area contributed by atoms with Crippen LogP contribution in [0.2, 0.25) is 0 Å². The summed E-state index contributed by atoms with van der Waals surface area (Å²) in [6.07, 6.45) is 0.948. The third-order valence-electron chi connectivity index (χ3n) is 3.03. The molecule has 2 unspecified atom stereocenters. The molecule has 3 N–H and O–H groups in total. The number of nitrogens with two attached hydrogens (primary N) is 1. The van der Waals surface area contributed by atoms with Crippen LogP contribution in [0.3, 0.4) is 0 Å². The lowest BCUT2D eigenvalue weighted by atomic mass is 10.0. The van der Waals surface area contributed by atoms with Gasteiger partial charge in [-0.3, -0.25) is 14.9 Å². The Morgan fingerprint density at radius 2 is 1.67 bits per heavy atom.